The van der Waals surface area contributed by atoms with Crippen LogP contribution in [0.3, 0.4) is 0 Å². The maximum Gasteiger partial charge on any atom is 0.142 e. The van der Waals surface area contributed by atoms with Gasteiger partial charge in [-0.05, 0) is 17.4 Å². The van der Waals surface area contributed by atoms with Gasteiger partial charge in [0.2, 0.25) is 0 Å². The van der Waals surface area contributed by atoms with Gasteiger partial charge < -0.3 is 0 Å². The van der Waals surface area contributed by atoms with Crippen LogP contribution in [0, 0.1) is 16.7 Å². The van der Waals surface area contributed by atoms with Crippen molar-refractivity contribution in [3.8, 4) is 0 Å². The first-order valence-electron chi connectivity index (χ1n) is 6.70. The van der Waals surface area contributed by atoms with Gasteiger partial charge in [-0.3, -0.25) is 4.79 Å². The molecule has 0 unspecified atom stereocenters. The summed E-state index contributed by atoms with van der Waals surface area (Å²) in [5, 5.41) is 0. The quantitative estimate of drug-likeness (QED) is 0.767. The van der Waals surface area contributed by atoms with Gasteiger partial charge in [0.05, 0.1) is 0 Å². The minimum absolute atomic E-state index is 0.000203. The Morgan fingerprint density at radius 3 is 1.89 bits per heavy atom. The molecule has 0 amide bonds. The van der Waals surface area contributed by atoms with Gasteiger partial charge >= 0.3 is 0 Å². The first kappa shape index (κ1) is 14.9. The van der Waals surface area contributed by atoms with Crippen LogP contribution >= 0.6 is 0 Å². The van der Waals surface area contributed by atoms with Crippen LogP contribution in [0.15, 0.2) is 30.3 Å². The van der Waals surface area contributed by atoms with Gasteiger partial charge in [0.15, 0.2) is 0 Å². The normalized spacial score (nSPS) is 14.3. The van der Waals surface area contributed by atoms with Crippen molar-refractivity contribution < 1.29 is 4.79 Å². The van der Waals surface area contributed by atoms with Crippen molar-refractivity contribution in [2.24, 2.45) is 16.7 Å². The molecular formula is C17H26O. The highest BCUT2D eigenvalue weighted by Crippen LogP contribution is 2.35. The molecule has 0 fully saturated rings. The number of carbonyl (C=O) groups excluding carboxylic acids is 1. The number of hydrogen-bond acceptors (Lipinski definition) is 1. The number of rotatable bonds is 3. The zero-order valence-electron chi connectivity index (χ0n) is 12.6. The van der Waals surface area contributed by atoms with E-state index in [1.165, 1.54) is 5.56 Å². The monoisotopic (exact) mass is 246 g/mol. The number of ketones is 1. The summed E-state index contributed by atoms with van der Waals surface area (Å²) in [4.78, 5) is 12.6. The molecular weight excluding hydrogens is 220 g/mol. The second-order valence-electron chi connectivity index (χ2n) is 7.22. The molecule has 0 spiro atoms. The van der Waals surface area contributed by atoms with Gasteiger partial charge in [0.1, 0.15) is 5.78 Å². The average Bonchev–Trinajstić information content (AvgIpc) is 2.23. The van der Waals surface area contributed by atoms with E-state index in [1.54, 1.807) is 0 Å². The van der Waals surface area contributed by atoms with Crippen molar-refractivity contribution in [2.75, 3.05) is 0 Å². The Labute approximate surface area is 112 Å². The molecule has 0 saturated carbocycles. The van der Waals surface area contributed by atoms with Gasteiger partial charge in [0, 0.05) is 11.3 Å². The molecule has 0 heterocycles. The molecule has 0 bridgehead atoms. The summed E-state index contributed by atoms with van der Waals surface area (Å²) >= 11 is 0. The van der Waals surface area contributed by atoms with E-state index in [9.17, 15) is 4.79 Å². The van der Waals surface area contributed by atoms with Crippen LogP contribution in [-0.4, -0.2) is 5.78 Å². The Balaban J connectivity index is 2.98. The van der Waals surface area contributed by atoms with E-state index in [1.807, 2.05) is 39.0 Å². The minimum Gasteiger partial charge on any atom is -0.299 e. The van der Waals surface area contributed by atoms with Crippen molar-refractivity contribution in [2.45, 2.75) is 48.0 Å². The molecule has 1 atom stereocenters. The van der Waals surface area contributed by atoms with Crippen LogP contribution < -0.4 is 0 Å². The Morgan fingerprint density at radius 1 is 1.00 bits per heavy atom. The topological polar surface area (TPSA) is 17.1 Å². The smallest absolute Gasteiger partial charge is 0.142 e. The standard InChI is InChI=1S/C17H26O/c1-16(2,3)14(15(18)17(4,5)6)12-13-10-8-7-9-11-13/h7-11,14H,12H2,1-6H3/t14-/m0/s1. The third-order valence-electron chi connectivity index (χ3n) is 3.38. The lowest BCUT2D eigenvalue weighted by Crippen LogP contribution is -2.37. The number of benzene rings is 1. The Hall–Kier alpha value is -1.11. The molecule has 1 rings (SSSR count). The van der Waals surface area contributed by atoms with Gasteiger partial charge in [0.25, 0.3) is 0 Å². The Morgan fingerprint density at radius 2 is 1.50 bits per heavy atom. The van der Waals surface area contributed by atoms with E-state index < -0.39 is 0 Å². The fourth-order valence-corrected chi connectivity index (χ4v) is 2.16. The summed E-state index contributed by atoms with van der Waals surface area (Å²) in [6.07, 6.45) is 0.834. The van der Waals surface area contributed by atoms with Gasteiger partial charge in [-0.1, -0.05) is 71.9 Å². The summed E-state index contributed by atoms with van der Waals surface area (Å²) in [6.45, 7) is 12.5. The van der Waals surface area contributed by atoms with Crippen molar-refractivity contribution in [3.05, 3.63) is 35.9 Å². The van der Waals surface area contributed by atoms with Gasteiger partial charge in [-0.15, -0.1) is 0 Å². The number of hydrogen-bond donors (Lipinski definition) is 0. The highest BCUT2D eigenvalue weighted by molar-refractivity contribution is 5.86. The average molecular weight is 246 g/mol. The first-order valence-corrected chi connectivity index (χ1v) is 6.70. The van der Waals surface area contributed by atoms with Crippen LogP contribution in [0.4, 0.5) is 0 Å². The summed E-state index contributed by atoms with van der Waals surface area (Å²) < 4.78 is 0. The third kappa shape index (κ3) is 3.97. The summed E-state index contributed by atoms with van der Waals surface area (Å²) in [5.74, 6) is 0.429. The molecule has 0 aliphatic rings. The molecule has 18 heavy (non-hydrogen) atoms. The van der Waals surface area contributed by atoms with Crippen LogP contribution in [-0.2, 0) is 11.2 Å². The van der Waals surface area contributed by atoms with Crippen LogP contribution in [0.25, 0.3) is 0 Å². The number of Topliss-reactive ketones (excluding diaryl/α,β-unsaturated/α-hetero) is 1. The molecule has 1 heteroatoms. The molecule has 0 aliphatic carbocycles. The van der Waals surface area contributed by atoms with Crippen LogP contribution in [0.5, 0.6) is 0 Å². The van der Waals surface area contributed by atoms with E-state index >= 15 is 0 Å². The third-order valence-corrected chi connectivity index (χ3v) is 3.38. The fourth-order valence-electron chi connectivity index (χ4n) is 2.16. The van der Waals surface area contributed by atoms with Crippen molar-refractivity contribution in [1.29, 1.82) is 0 Å². The maximum absolute atomic E-state index is 12.6. The van der Waals surface area contributed by atoms with Gasteiger partial charge in [-0.2, -0.15) is 0 Å². The highest BCUT2D eigenvalue weighted by Gasteiger charge is 2.36. The summed E-state index contributed by atoms with van der Waals surface area (Å²) in [6, 6.07) is 10.3. The van der Waals surface area contributed by atoms with Crippen molar-refractivity contribution in [1.82, 2.24) is 0 Å². The van der Waals surface area contributed by atoms with Gasteiger partial charge in [-0.25, -0.2) is 0 Å². The van der Waals surface area contributed by atoms with E-state index in [2.05, 4.69) is 32.9 Å². The van der Waals surface area contributed by atoms with Crippen LogP contribution in [0.2, 0.25) is 0 Å². The van der Waals surface area contributed by atoms with E-state index in [0.29, 0.717) is 5.78 Å². The zero-order valence-corrected chi connectivity index (χ0v) is 12.6. The fraction of sp³-hybridized carbons (Fsp3) is 0.588. The first-order chi connectivity index (χ1) is 8.12. The lowest BCUT2D eigenvalue weighted by atomic mass is 9.69. The predicted octanol–water partition coefficient (Wildman–Crippen LogP) is 4.51. The molecule has 0 saturated heterocycles. The van der Waals surface area contributed by atoms with E-state index in [4.69, 9.17) is 0 Å². The number of carbonyl (C=O) groups is 1. The molecule has 100 valence electrons. The molecule has 0 radical (unpaired) electrons. The minimum atomic E-state index is -0.271. The zero-order chi connectivity index (χ0) is 14.0. The highest BCUT2D eigenvalue weighted by atomic mass is 16.1. The molecule has 1 aromatic carbocycles. The summed E-state index contributed by atoms with van der Waals surface area (Å²) in [5.41, 5.74) is 0.974. The molecule has 0 N–H and O–H groups in total. The summed E-state index contributed by atoms with van der Waals surface area (Å²) in [7, 11) is 0. The molecule has 1 aromatic rings. The maximum atomic E-state index is 12.6. The van der Waals surface area contributed by atoms with E-state index in [-0.39, 0.29) is 16.7 Å². The molecule has 1 nitrogen and oxygen atoms in total. The lowest BCUT2D eigenvalue weighted by Gasteiger charge is -2.34. The van der Waals surface area contributed by atoms with Crippen LogP contribution in [0.1, 0.15) is 47.1 Å². The largest absolute Gasteiger partial charge is 0.299 e. The van der Waals surface area contributed by atoms with Crippen molar-refractivity contribution >= 4 is 5.78 Å². The van der Waals surface area contributed by atoms with Crippen molar-refractivity contribution in [3.63, 3.8) is 0 Å². The second kappa shape index (κ2) is 5.26. The SMILES string of the molecule is CC(C)(C)C(=O)[C@H](Cc1ccccc1)C(C)(C)C. The molecule has 0 aliphatic heterocycles. The Kier molecular flexibility index (Phi) is 4.37. The van der Waals surface area contributed by atoms with E-state index in [0.717, 1.165) is 6.42 Å². The predicted molar refractivity (Wildman–Crippen MR) is 77.6 cm³/mol. The molecule has 0 aromatic heterocycles. The Bertz CT molecular complexity index is 390. The second-order valence-corrected chi connectivity index (χ2v) is 7.22. The lowest BCUT2D eigenvalue weighted by molar-refractivity contribution is -0.133.